The minimum atomic E-state index is -0.686. The number of hydrogen-bond donors (Lipinski definition) is 0. The quantitative estimate of drug-likeness (QED) is 0.251. The first-order valence-electron chi connectivity index (χ1n) is 10.6. The highest BCUT2D eigenvalue weighted by molar-refractivity contribution is 6.49. The Hall–Kier alpha value is -4.13. The zero-order valence-electron chi connectivity index (χ0n) is 19.5. The number of ketones is 2. The summed E-state index contributed by atoms with van der Waals surface area (Å²) in [5.41, 5.74) is 2.43. The fourth-order valence-corrected chi connectivity index (χ4v) is 3.54. The molecule has 0 atom stereocenters. The Balaban J connectivity index is 1.91. The van der Waals surface area contributed by atoms with Gasteiger partial charge < -0.3 is 18.9 Å². The van der Waals surface area contributed by atoms with Crippen LogP contribution in [0.2, 0.25) is 0 Å². The number of methoxy groups -OCH3 is 4. The topological polar surface area (TPSA) is 88.1 Å². The van der Waals surface area contributed by atoms with Gasteiger partial charge in [-0.1, -0.05) is 24.3 Å². The molecule has 0 aliphatic rings. The predicted molar refractivity (Wildman–Crippen MR) is 126 cm³/mol. The standard InChI is InChI=1S/C27H26O7/c1-31-21-13-6-17(7-14-21)5-8-20-15-23(32-2)24(33-3)16-22(20)26(29)25(28)18-9-11-19(12-10-18)27(30)34-4/h6-7,9-16H,5,8H2,1-4H3. The molecule has 0 bridgehead atoms. The number of esters is 1. The Labute approximate surface area is 198 Å². The molecule has 0 aliphatic carbocycles. The molecule has 0 N–H and O–H groups in total. The second-order valence-electron chi connectivity index (χ2n) is 7.44. The summed E-state index contributed by atoms with van der Waals surface area (Å²) in [5.74, 6) is -0.294. The predicted octanol–water partition coefficient (Wildman–Crippen LogP) is 4.35. The number of benzene rings is 3. The number of rotatable bonds is 10. The van der Waals surface area contributed by atoms with Crippen LogP contribution < -0.4 is 14.2 Å². The van der Waals surface area contributed by atoms with Gasteiger partial charge in [-0.25, -0.2) is 4.79 Å². The summed E-state index contributed by atoms with van der Waals surface area (Å²) in [6.45, 7) is 0. The van der Waals surface area contributed by atoms with E-state index in [9.17, 15) is 14.4 Å². The molecule has 0 heterocycles. The Morgan fingerprint density at radius 3 is 1.79 bits per heavy atom. The fourth-order valence-electron chi connectivity index (χ4n) is 3.54. The van der Waals surface area contributed by atoms with E-state index in [4.69, 9.17) is 14.2 Å². The van der Waals surface area contributed by atoms with E-state index in [2.05, 4.69) is 4.74 Å². The second-order valence-corrected chi connectivity index (χ2v) is 7.44. The number of aryl methyl sites for hydroxylation is 2. The third kappa shape index (κ3) is 5.43. The molecule has 0 saturated carbocycles. The highest BCUT2D eigenvalue weighted by Crippen LogP contribution is 2.32. The average Bonchev–Trinajstić information content (AvgIpc) is 2.90. The van der Waals surface area contributed by atoms with Gasteiger partial charge >= 0.3 is 5.97 Å². The van der Waals surface area contributed by atoms with Crippen LogP contribution in [0.5, 0.6) is 17.2 Å². The molecule has 0 radical (unpaired) electrons. The first-order valence-corrected chi connectivity index (χ1v) is 10.6. The maximum Gasteiger partial charge on any atom is 0.337 e. The van der Waals surface area contributed by atoms with Crippen molar-refractivity contribution < 1.29 is 33.3 Å². The van der Waals surface area contributed by atoms with Gasteiger partial charge in [0.05, 0.1) is 34.0 Å². The van der Waals surface area contributed by atoms with Gasteiger partial charge in [0.2, 0.25) is 11.6 Å². The molecule has 3 aromatic carbocycles. The van der Waals surface area contributed by atoms with Crippen molar-refractivity contribution in [3.63, 3.8) is 0 Å². The van der Waals surface area contributed by atoms with Crippen molar-refractivity contribution in [1.82, 2.24) is 0 Å². The van der Waals surface area contributed by atoms with Crippen molar-refractivity contribution in [2.45, 2.75) is 12.8 Å². The zero-order chi connectivity index (χ0) is 24.7. The van der Waals surface area contributed by atoms with Crippen LogP contribution in [-0.4, -0.2) is 46.0 Å². The van der Waals surface area contributed by atoms with Crippen molar-refractivity contribution in [2.75, 3.05) is 28.4 Å². The monoisotopic (exact) mass is 462 g/mol. The maximum atomic E-state index is 13.2. The second kappa shape index (κ2) is 11.1. The molecular weight excluding hydrogens is 436 g/mol. The van der Waals surface area contributed by atoms with Gasteiger partial charge in [-0.2, -0.15) is 0 Å². The van der Waals surface area contributed by atoms with E-state index >= 15 is 0 Å². The summed E-state index contributed by atoms with van der Waals surface area (Å²) >= 11 is 0. The Bertz CT molecular complexity index is 1180. The summed E-state index contributed by atoms with van der Waals surface area (Å²) in [6, 6.07) is 16.7. The van der Waals surface area contributed by atoms with E-state index in [1.165, 1.54) is 51.7 Å². The molecule has 7 heteroatoms. The SMILES string of the molecule is COC(=O)c1ccc(C(=O)C(=O)c2cc(OC)c(OC)cc2CCc2ccc(OC)cc2)cc1. The summed E-state index contributed by atoms with van der Waals surface area (Å²) in [7, 11) is 5.86. The zero-order valence-corrected chi connectivity index (χ0v) is 19.5. The Morgan fingerprint density at radius 2 is 1.24 bits per heavy atom. The number of carbonyl (C=O) groups excluding carboxylic acids is 3. The van der Waals surface area contributed by atoms with E-state index in [0.717, 1.165) is 11.3 Å². The number of Topliss-reactive ketones (excluding diaryl/α,β-unsaturated/α-hetero) is 2. The van der Waals surface area contributed by atoms with Crippen molar-refractivity contribution >= 4 is 17.5 Å². The first kappa shape index (κ1) is 24.5. The number of carbonyl (C=O) groups is 3. The lowest BCUT2D eigenvalue weighted by Gasteiger charge is -2.14. The first-order chi connectivity index (χ1) is 16.4. The van der Waals surface area contributed by atoms with Crippen molar-refractivity contribution in [2.24, 2.45) is 0 Å². The summed E-state index contributed by atoms with van der Waals surface area (Å²) in [6.07, 6.45) is 1.14. The van der Waals surface area contributed by atoms with E-state index in [-0.39, 0.29) is 16.7 Å². The smallest absolute Gasteiger partial charge is 0.337 e. The van der Waals surface area contributed by atoms with Crippen LogP contribution in [0.15, 0.2) is 60.7 Å². The summed E-state index contributed by atoms with van der Waals surface area (Å²) < 4.78 is 20.6. The summed E-state index contributed by atoms with van der Waals surface area (Å²) in [5, 5.41) is 0. The summed E-state index contributed by atoms with van der Waals surface area (Å²) in [4.78, 5) is 37.9. The third-order valence-corrected chi connectivity index (χ3v) is 5.47. The van der Waals surface area contributed by atoms with Gasteiger partial charge in [-0.15, -0.1) is 0 Å². The minimum absolute atomic E-state index is 0.175. The van der Waals surface area contributed by atoms with Crippen molar-refractivity contribution in [1.29, 1.82) is 0 Å². The van der Waals surface area contributed by atoms with Crippen LogP contribution in [0.1, 0.15) is 42.2 Å². The van der Waals surface area contributed by atoms with Gasteiger partial charge in [0.25, 0.3) is 0 Å². The van der Waals surface area contributed by atoms with E-state index in [1.807, 2.05) is 24.3 Å². The Morgan fingerprint density at radius 1 is 0.647 bits per heavy atom. The van der Waals surface area contributed by atoms with Gasteiger partial charge in [0.1, 0.15) is 5.75 Å². The lowest BCUT2D eigenvalue weighted by atomic mass is 9.93. The number of ether oxygens (including phenoxy) is 4. The molecule has 0 aliphatic heterocycles. The molecule has 7 nitrogen and oxygen atoms in total. The van der Waals surface area contributed by atoms with Crippen LogP contribution in [0.4, 0.5) is 0 Å². The molecular formula is C27H26O7. The van der Waals surface area contributed by atoms with E-state index in [1.54, 1.807) is 13.2 Å². The maximum absolute atomic E-state index is 13.2. The molecule has 0 amide bonds. The van der Waals surface area contributed by atoms with Crippen LogP contribution in [0, 0.1) is 0 Å². The molecule has 34 heavy (non-hydrogen) atoms. The van der Waals surface area contributed by atoms with E-state index in [0.29, 0.717) is 29.9 Å². The van der Waals surface area contributed by atoms with Gasteiger partial charge in [-0.3, -0.25) is 9.59 Å². The number of hydrogen-bond acceptors (Lipinski definition) is 7. The van der Waals surface area contributed by atoms with Crippen molar-refractivity contribution in [3.05, 3.63) is 88.5 Å². The lowest BCUT2D eigenvalue weighted by Crippen LogP contribution is -2.17. The fraction of sp³-hybridized carbons (Fsp3) is 0.222. The van der Waals surface area contributed by atoms with Crippen LogP contribution in [0.3, 0.4) is 0 Å². The Kier molecular flexibility index (Phi) is 8.03. The van der Waals surface area contributed by atoms with Crippen LogP contribution >= 0.6 is 0 Å². The molecule has 0 spiro atoms. The normalized spacial score (nSPS) is 10.4. The largest absolute Gasteiger partial charge is 0.497 e. The molecule has 176 valence electrons. The molecule has 0 fully saturated rings. The average molecular weight is 462 g/mol. The highest BCUT2D eigenvalue weighted by atomic mass is 16.5. The molecule has 3 rings (SSSR count). The third-order valence-electron chi connectivity index (χ3n) is 5.47. The molecule has 0 unspecified atom stereocenters. The highest BCUT2D eigenvalue weighted by Gasteiger charge is 2.24. The molecule has 3 aromatic rings. The van der Waals surface area contributed by atoms with Gasteiger partial charge in [-0.05, 0) is 60.4 Å². The van der Waals surface area contributed by atoms with Crippen molar-refractivity contribution in [3.8, 4) is 17.2 Å². The lowest BCUT2D eigenvalue weighted by molar-refractivity contribution is 0.0600. The van der Waals surface area contributed by atoms with Crippen LogP contribution in [0.25, 0.3) is 0 Å². The minimum Gasteiger partial charge on any atom is -0.497 e. The molecule has 0 saturated heterocycles. The van der Waals surface area contributed by atoms with Gasteiger partial charge in [0.15, 0.2) is 11.5 Å². The molecule has 0 aromatic heterocycles. The van der Waals surface area contributed by atoms with E-state index < -0.39 is 17.5 Å². The van der Waals surface area contributed by atoms with Crippen LogP contribution in [-0.2, 0) is 17.6 Å². The van der Waals surface area contributed by atoms with Gasteiger partial charge in [0, 0.05) is 11.1 Å².